The van der Waals surface area contributed by atoms with Gasteiger partial charge in [-0.25, -0.2) is 0 Å². The molecule has 1 atom stereocenters. The van der Waals surface area contributed by atoms with Crippen LogP contribution >= 0.6 is 0 Å². The molecule has 1 nitrogen and oxygen atoms in total. The van der Waals surface area contributed by atoms with Crippen LogP contribution in [0.3, 0.4) is 0 Å². The highest BCUT2D eigenvalue weighted by Gasteiger charge is 2.00. The molecule has 0 spiro atoms. The summed E-state index contributed by atoms with van der Waals surface area (Å²) in [7, 11) is 0. The molecule has 1 unspecified atom stereocenters. The van der Waals surface area contributed by atoms with Crippen molar-refractivity contribution in [3.05, 3.63) is 48.6 Å². The number of unbranched alkanes of at least 4 members (excludes halogenated alkanes) is 1. The summed E-state index contributed by atoms with van der Waals surface area (Å²) < 4.78 is 0. The summed E-state index contributed by atoms with van der Waals surface area (Å²) in [5.74, 6) is 0. The van der Waals surface area contributed by atoms with E-state index in [0.29, 0.717) is 6.04 Å². The third-order valence-corrected chi connectivity index (χ3v) is 2.79. The van der Waals surface area contributed by atoms with Crippen molar-refractivity contribution in [2.75, 3.05) is 6.54 Å². The van der Waals surface area contributed by atoms with Gasteiger partial charge in [0.15, 0.2) is 0 Å². The molecule has 0 heterocycles. The van der Waals surface area contributed by atoms with Gasteiger partial charge in [0.1, 0.15) is 0 Å². The predicted octanol–water partition coefficient (Wildman–Crippen LogP) is 3.56. The van der Waals surface area contributed by atoms with Gasteiger partial charge in [-0.1, -0.05) is 36.4 Å². The maximum atomic E-state index is 3.73. The first-order chi connectivity index (χ1) is 7.83. The van der Waals surface area contributed by atoms with Gasteiger partial charge < -0.3 is 5.32 Å². The van der Waals surface area contributed by atoms with Crippen molar-refractivity contribution in [3.63, 3.8) is 0 Å². The highest BCUT2D eigenvalue weighted by atomic mass is 14.9. The van der Waals surface area contributed by atoms with Gasteiger partial charge in [-0.2, -0.15) is 0 Å². The van der Waals surface area contributed by atoms with Crippen LogP contribution in [0, 0.1) is 0 Å². The fourth-order valence-corrected chi connectivity index (χ4v) is 1.72. The van der Waals surface area contributed by atoms with Gasteiger partial charge in [0.2, 0.25) is 0 Å². The van der Waals surface area contributed by atoms with Gasteiger partial charge in [0.25, 0.3) is 0 Å². The summed E-state index contributed by atoms with van der Waals surface area (Å²) in [6.45, 7) is 7.09. The summed E-state index contributed by atoms with van der Waals surface area (Å²) in [5, 5.41) is 3.54. The van der Waals surface area contributed by atoms with E-state index >= 15 is 0 Å². The number of nitrogens with one attached hydrogen (secondary N) is 1. The van der Waals surface area contributed by atoms with Gasteiger partial charge in [-0.3, -0.25) is 0 Å². The van der Waals surface area contributed by atoms with Gasteiger partial charge >= 0.3 is 0 Å². The van der Waals surface area contributed by atoms with Crippen molar-refractivity contribution in [2.45, 2.75) is 38.6 Å². The average molecular weight is 217 g/mol. The molecule has 1 aromatic carbocycles. The molecule has 0 radical (unpaired) electrons. The smallest absolute Gasteiger partial charge is 0.00418 e. The first-order valence-electron chi connectivity index (χ1n) is 6.21. The highest BCUT2D eigenvalue weighted by molar-refractivity contribution is 5.14. The van der Waals surface area contributed by atoms with E-state index < -0.39 is 0 Å². The molecule has 16 heavy (non-hydrogen) atoms. The van der Waals surface area contributed by atoms with E-state index in [-0.39, 0.29) is 0 Å². The summed E-state index contributed by atoms with van der Waals surface area (Å²) in [6.07, 6.45) is 6.66. The molecule has 0 saturated heterocycles. The van der Waals surface area contributed by atoms with E-state index in [1.54, 1.807) is 0 Å². The minimum Gasteiger partial charge on any atom is -0.314 e. The monoisotopic (exact) mass is 217 g/mol. The number of rotatable bonds is 8. The van der Waals surface area contributed by atoms with Crippen molar-refractivity contribution in [1.82, 2.24) is 5.32 Å². The Morgan fingerprint density at radius 2 is 2.06 bits per heavy atom. The maximum absolute atomic E-state index is 3.73. The molecule has 0 saturated carbocycles. The SMILES string of the molecule is C=CCCCNC(C)CCc1ccccc1. The van der Waals surface area contributed by atoms with Gasteiger partial charge in [-0.05, 0) is 44.7 Å². The molecule has 0 bridgehead atoms. The molecule has 1 heteroatoms. The van der Waals surface area contributed by atoms with E-state index in [9.17, 15) is 0 Å². The van der Waals surface area contributed by atoms with Crippen LogP contribution in [0.25, 0.3) is 0 Å². The van der Waals surface area contributed by atoms with Crippen LogP contribution in [0.5, 0.6) is 0 Å². The molecule has 0 aliphatic heterocycles. The summed E-state index contributed by atoms with van der Waals surface area (Å²) in [5.41, 5.74) is 1.43. The highest BCUT2D eigenvalue weighted by Crippen LogP contribution is 2.04. The number of benzene rings is 1. The van der Waals surface area contributed by atoms with E-state index in [1.165, 1.54) is 18.4 Å². The van der Waals surface area contributed by atoms with E-state index in [0.717, 1.165) is 19.4 Å². The van der Waals surface area contributed by atoms with Crippen molar-refractivity contribution in [1.29, 1.82) is 0 Å². The Bertz CT molecular complexity index is 279. The molecule has 0 amide bonds. The standard InChI is InChI=1S/C15H23N/c1-3-4-8-13-16-14(2)11-12-15-9-6-5-7-10-15/h3,5-7,9-10,14,16H,1,4,8,11-13H2,2H3. The summed E-state index contributed by atoms with van der Waals surface area (Å²) in [6, 6.07) is 11.3. The van der Waals surface area contributed by atoms with E-state index in [2.05, 4.69) is 49.2 Å². The first kappa shape index (κ1) is 13.0. The average Bonchev–Trinajstić information content (AvgIpc) is 2.33. The predicted molar refractivity (Wildman–Crippen MR) is 71.7 cm³/mol. The van der Waals surface area contributed by atoms with Crippen LogP contribution in [0.1, 0.15) is 31.7 Å². The normalized spacial score (nSPS) is 12.3. The molecule has 1 aromatic rings. The molecular formula is C15H23N. The second-order valence-electron chi connectivity index (χ2n) is 4.31. The first-order valence-corrected chi connectivity index (χ1v) is 6.21. The summed E-state index contributed by atoms with van der Waals surface area (Å²) >= 11 is 0. The van der Waals surface area contributed by atoms with Crippen molar-refractivity contribution in [2.24, 2.45) is 0 Å². The van der Waals surface area contributed by atoms with Gasteiger partial charge in [0, 0.05) is 6.04 Å². The van der Waals surface area contributed by atoms with Crippen molar-refractivity contribution in [3.8, 4) is 0 Å². The molecule has 0 fully saturated rings. The largest absolute Gasteiger partial charge is 0.314 e. The lowest BCUT2D eigenvalue weighted by Gasteiger charge is -2.13. The second-order valence-corrected chi connectivity index (χ2v) is 4.31. The van der Waals surface area contributed by atoms with Crippen LogP contribution in [0.4, 0.5) is 0 Å². The minimum absolute atomic E-state index is 0.602. The quantitative estimate of drug-likeness (QED) is 0.518. The molecule has 1 N–H and O–H groups in total. The van der Waals surface area contributed by atoms with Crippen molar-refractivity contribution >= 4 is 0 Å². The van der Waals surface area contributed by atoms with Crippen LogP contribution in [0.2, 0.25) is 0 Å². The Kier molecular flexibility index (Phi) is 6.59. The molecular weight excluding hydrogens is 194 g/mol. The Morgan fingerprint density at radius 3 is 2.75 bits per heavy atom. The van der Waals surface area contributed by atoms with Crippen LogP contribution in [0.15, 0.2) is 43.0 Å². The third-order valence-electron chi connectivity index (χ3n) is 2.79. The maximum Gasteiger partial charge on any atom is 0.00418 e. The molecule has 88 valence electrons. The van der Waals surface area contributed by atoms with Crippen LogP contribution in [-0.2, 0) is 6.42 Å². The number of hydrogen-bond donors (Lipinski definition) is 1. The third kappa shape index (κ3) is 5.72. The zero-order valence-corrected chi connectivity index (χ0v) is 10.3. The topological polar surface area (TPSA) is 12.0 Å². The van der Waals surface area contributed by atoms with E-state index in [1.807, 2.05) is 6.08 Å². The van der Waals surface area contributed by atoms with Gasteiger partial charge in [-0.15, -0.1) is 6.58 Å². The molecule has 0 aliphatic rings. The zero-order valence-electron chi connectivity index (χ0n) is 10.3. The fourth-order valence-electron chi connectivity index (χ4n) is 1.72. The lowest BCUT2D eigenvalue weighted by Crippen LogP contribution is -2.27. The number of allylic oxidation sites excluding steroid dienone is 1. The lowest BCUT2D eigenvalue weighted by molar-refractivity contribution is 0.508. The van der Waals surface area contributed by atoms with E-state index in [4.69, 9.17) is 0 Å². The van der Waals surface area contributed by atoms with Crippen molar-refractivity contribution < 1.29 is 0 Å². The Hall–Kier alpha value is -1.08. The lowest BCUT2D eigenvalue weighted by atomic mass is 10.1. The number of hydrogen-bond acceptors (Lipinski definition) is 1. The Balaban J connectivity index is 2.10. The molecule has 1 rings (SSSR count). The second kappa shape index (κ2) is 8.12. The van der Waals surface area contributed by atoms with Crippen LogP contribution < -0.4 is 5.32 Å². The minimum atomic E-state index is 0.602. The van der Waals surface area contributed by atoms with Gasteiger partial charge in [0.05, 0.1) is 0 Å². The molecule has 0 aliphatic carbocycles. The molecule has 0 aromatic heterocycles. The van der Waals surface area contributed by atoms with Crippen LogP contribution in [-0.4, -0.2) is 12.6 Å². The fraction of sp³-hybridized carbons (Fsp3) is 0.467. The Morgan fingerprint density at radius 1 is 1.31 bits per heavy atom. The number of aryl methyl sites for hydroxylation is 1. The summed E-state index contributed by atoms with van der Waals surface area (Å²) in [4.78, 5) is 0. The Labute approximate surface area is 99.6 Å². The zero-order chi connectivity index (χ0) is 11.6.